The number of hydrogen-bond donors (Lipinski definition) is 0. The maximum atomic E-state index is 10.0. The standard InChI is InChI=1S/4C6H6O2SSe.8CH3.2O.4Sn/c4*7-5(8)4-10-6-2-1-3-9-6;;;;;;;;;;;;;;/h4*1-3H,4H2,(H,7,8);8*1H3;;;;;;/q;;;;8*-1;2*-2;4*+4/p-4. The third-order valence-electron chi connectivity index (χ3n) is 3.31. The average molecular weight is 1510 g/mol. The molecule has 0 radical (unpaired) electrons. The molecule has 296 valence electrons. The molecule has 22 heteroatoms. The van der Waals surface area contributed by atoms with Crippen LogP contribution in [0.4, 0.5) is 0 Å². The first-order chi connectivity index (χ1) is 19.2. The Balaban J connectivity index is -0.0000000303. The molecule has 10 nitrogen and oxygen atoms in total. The summed E-state index contributed by atoms with van der Waals surface area (Å²) < 4.78 is 4.65. The maximum absolute atomic E-state index is 10.0. The van der Waals surface area contributed by atoms with E-state index in [-0.39, 0.29) is 247 Å². The van der Waals surface area contributed by atoms with Gasteiger partial charge in [-0.05, 0) is 0 Å². The first kappa shape index (κ1) is 96.0. The summed E-state index contributed by atoms with van der Waals surface area (Å²) in [6.07, 6.45) is 0. The van der Waals surface area contributed by atoms with Crippen LogP contribution in [0.5, 0.6) is 0 Å². The largest absolute Gasteiger partial charge is 4.00 e. The van der Waals surface area contributed by atoms with Crippen molar-refractivity contribution >= 4 is 240 Å². The van der Waals surface area contributed by atoms with E-state index < -0.39 is 23.9 Å². The first-order valence-electron chi connectivity index (χ1n) is 10.6. The van der Waals surface area contributed by atoms with Crippen LogP contribution in [0, 0.1) is 59.4 Å². The third kappa shape index (κ3) is 60.5. The molecule has 0 aromatic carbocycles. The molecule has 0 aliphatic carbocycles. The van der Waals surface area contributed by atoms with Crippen LogP contribution < -0.4 is 35.5 Å². The molecule has 0 bridgehead atoms. The monoisotopic (exact) mass is 1520 g/mol. The molecule has 4 rings (SSSR count). The molecular formula is C32H44O10S4Se4Sn4. The van der Waals surface area contributed by atoms with Crippen molar-refractivity contribution in [1.29, 1.82) is 0 Å². The van der Waals surface area contributed by atoms with Crippen molar-refractivity contribution in [2.24, 2.45) is 0 Å². The SMILES string of the molecule is O=C([O-])C[Se]c1cccs1.O=C([O-])C[Se]c1cccs1.O=C([O-])C[Se]c1cccs1.O=C([O-])C[Se]c1cccs1.[CH3-].[CH3-].[CH3-].[CH3-].[CH3-].[CH3-].[CH3-].[CH3-].[O-2].[O-2].[Sn+4].[Sn+4].[Sn+4].[Sn+4]. The Kier molecular flexibility index (Phi) is 114. The van der Waals surface area contributed by atoms with Gasteiger partial charge in [0.1, 0.15) is 0 Å². The topological polar surface area (TPSA) is 218 Å². The number of hydrogen-bond acceptors (Lipinski definition) is 12. The Morgan fingerprint density at radius 2 is 0.537 bits per heavy atom. The summed E-state index contributed by atoms with van der Waals surface area (Å²) in [6, 6.07) is 15.5. The van der Waals surface area contributed by atoms with E-state index in [1.54, 1.807) is 45.3 Å². The van der Waals surface area contributed by atoms with Crippen molar-refractivity contribution in [1.82, 2.24) is 0 Å². The summed E-state index contributed by atoms with van der Waals surface area (Å²) in [5.74, 6) is -3.80. The average Bonchev–Trinajstić information content (AvgIpc) is 3.73. The molecule has 0 saturated carbocycles. The van der Waals surface area contributed by atoms with Gasteiger partial charge in [0.25, 0.3) is 0 Å². The van der Waals surface area contributed by atoms with Crippen molar-refractivity contribution in [3.8, 4) is 0 Å². The molecule has 4 heterocycles. The fraction of sp³-hybridized carbons (Fsp3) is 0.125. The Bertz CT molecular complexity index is 1050. The van der Waals surface area contributed by atoms with Crippen LogP contribution in [0.1, 0.15) is 0 Å². The molecule has 0 saturated heterocycles. The Morgan fingerprint density at radius 3 is 0.630 bits per heavy atom. The van der Waals surface area contributed by atoms with Gasteiger partial charge in [-0.3, -0.25) is 0 Å². The number of thiophene rings is 4. The molecule has 0 fully saturated rings. The van der Waals surface area contributed by atoms with Gasteiger partial charge >= 0.3 is 371 Å². The summed E-state index contributed by atoms with van der Waals surface area (Å²) in [6.45, 7) is 0. The van der Waals surface area contributed by atoms with E-state index in [1.165, 1.54) is 0 Å². The zero-order chi connectivity index (χ0) is 29.6. The maximum Gasteiger partial charge on any atom is 4.00 e. The predicted molar refractivity (Wildman–Crippen MR) is 234 cm³/mol. The van der Waals surface area contributed by atoms with E-state index >= 15 is 0 Å². The summed E-state index contributed by atoms with van der Waals surface area (Å²) in [5.41, 5.74) is 0. The van der Waals surface area contributed by atoms with Crippen molar-refractivity contribution in [3.63, 3.8) is 0 Å². The Hall–Kier alpha value is 1.87. The van der Waals surface area contributed by atoms with Crippen LogP contribution in [-0.2, 0) is 30.1 Å². The number of carbonyl (C=O) groups is 4. The van der Waals surface area contributed by atoms with Gasteiger partial charge in [0.15, 0.2) is 0 Å². The molecule has 0 aliphatic rings. The molecule has 4 aromatic rings. The zero-order valence-electron chi connectivity index (χ0n) is 31.1. The van der Waals surface area contributed by atoms with E-state index in [4.69, 9.17) is 0 Å². The van der Waals surface area contributed by atoms with Crippen LogP contribution in [0.2, 0.25) is 21.3 Å². The van der Waals surface area contributed by atoms with E-state index in [1.807, 2.05) is 70.1 Å². The summed E-state index contributed by atoms with van der Waals surface area (Å²) in [7, 11) is 0. The van der Waals surface area contributed by atoms with E-state index in [9.17, 15) is 39.6 Å². The number of rotatable bonds is 12. The number of carboxylic acids is 4. The molecule has 4 aromatic heterocycles. The summed E-state index contributed by atoms with van der Waals surface area (Å²) in [4.78, 5) is 40.0. The van der Waals surface area contributed by atoms with Gasteiger partial charge in [0, 0.05) is 0 Å². The minimum atomic E-state index is -0.951. The summed E-state index contributed by atoms with van der Waals surface area (Å²) in [5, 5.41) is 48.6. The van der Waals surface area contributed by atoms with Gasteiger partial charge in [0.2, 0.25) is 0 Å². The second-order valence-corrected chi connectivity index (χ2v) is 21.0. The third-order valence-corrected chi connectivity index (χ3v) is 17.5. The van der Waals surface area contributed by atoms with Crippen molar-refractivity contribution in [2.75, 3.05) is 0 Å². The summed E-state index contributed by atoms with van der Waals surface area (Å²) >= 11 is 6.71. The molecule has 0 aliphatic heterocycles. The second-order valence-electron chi connectivity index (χ2n) is 6.37. The number of carbonyl (C=O) groups excluding carboxylic acids is 4. The quantitative estimate of drug-likeness (QED) is 0.124. The fourth-order valence-electron chi connectivity index (χ4n) is 1.90. The van der Waals surface area contributed by atoms with Gasteiger partial charge in [-0.25, -0.2) is 0 Å². The molecule has 0 spiro atoms. The van der Waals surface area contributed by atoms with E-state index in [2.05, 4.69) is 0 Å². The van der Waals surface area contributed by atoms with Gasteiger partial charge in [0.05, 0.1) is 0 Å². The smallest absolute Gasteiger partial charge is 2.00 e. The van der Waals surface area contributed by atoms with Crippen LogP contribution >= 0.6 is 45.3 Å². The van der Waals surface area contributed by atoms with Crippen molar-refractivity contribution in [2.45, 2.75) is 21.3 Å². The predicted octanol–water partition coefficient (Wildman–Crippen LogP) is -1.18. The Morgan fingerprint density at radius 1 is 0.389 bits per heavy atom. The number of carboxylic acid groups (broad SMARTS) is 4. The fourth-order valence-corrected chi connectivity index (χ4v) is 12.0. The minimum Gasteiger partial charge on any atom is -2.00 e. The zero-order valence-corrected chi connectivity index (χ0v) is 52.6. The minimum absolute atomic E-state index is 0. The van der Waals surface area contributed by atoms with E-state index in [0.717, 1.165) is 15.1 Å². The van der Waals surface area contributed by atoms with Gasteiger partial charge in [-0.15, -0.1) is 0 Å². The van der Waals surface area contributed by atoms with Crippen molar-refractivity contribution in [3.05, 3.63) is 129 Å². The van der Waals surface area contributed by atoms with E-state index in [0.29, 0.717) is 0 Å². The molecule has 0 unspecified atom stereocenters. The Labute approximate surface area is 434 Å². The molecule has 0 amide bonds. The molecule has 54 heavy (non-hydrogen) atoms. The molecule has 0 atom stereocenters. The second kappa shape index (κ2) is 64.0. The first-order valence-corrected chi connectivity index (χ1v) is 22.4. The van der Waals surface area contributed by atoms with Crippen LogP contribution in [0.3, 0.4) is 0 Å². The van der Waals surface area contributed by atoms with Gasteiger partial charge in [-0.1, -0.05) is 0 Å². The normalized spacial score (nSPS) is 7.11. The van der Waals surface area contributed by atoms with Gasteiger partial charge < -0.3 is 70.4 Å². The van der Waals surface area contributed by atoms with Crippen LogP contribution in [-0.4, -0.2) is 179 Å². The van der Waals surface area contributed by atoms with Crippen molar-refractivity contribution < 1.29 is 50.6 Å². The molecule has 0 N–H and O–H groups in total. The van der Waals surface area contributed by atoms with Gasteiger partial charge in [-0.2, -0.15) is 0 Å². The van der Waals surface area contributed by atoms with Crippen LogP contribution in [0.25, 0.3) is 0 Å². The van der Waals surface area contributed by atoms with Crippen LogP contribution in [0.15, 0.2) is 70.1 Å². The number of aliphatic carboxylic acids is 4. The molecular weight excluding hydrogens is 1460 g/mol.